The lowest BCUT2D eigenvalue weighted by Crippen LogP contribution is -2.49. The maximum Gasteiger partial charge on any atom is 0.260 e. The van der Waals surface area contributed by atoms with Gasteiger partial charge < -0.3 is 19.1 Å². The summed E-state index contributed by atoms with van der Waals surface area (Å²) in [5, 5.41) is 9.22. The third-order valence-electron chi connectivity index (χ3n) is 5.47. The molecule has 7 nitrogen and oxygen atoms in total. The minimum atomic E-state index is -0.0303. The van der Waals surface area contributed by atoms with Gasteiger partial charge in [0, 0.05) is 31.7 Å². The quantitative estimate of drug-likeness (QED) is 0.729. The summed E-state index contributed by atoms with van der Waals surface area (Å²) in [6, 6.07) is 8.02. The molecule has 3 atom stereocenters. The zero-order chi connectivity index (χ0) is 20.8. The van der Waals surface area contributed by atoms with Gasteiger partial charge in [-0.25, -0.2) is 0 Å². The normalized spacial score (nSPS) is 25.3. The van der Waals surface area contributed by atoms with Gasteiger partial charge in [-0.05, 0) is 51.4 Å². The van der Waals surface area contributed by atoms with Crippen molar-refractivity contribution in [3.8, 4) is 17.6 Å². The fraction of sp³-hybridized carbons (Fsp3) is 0.636. The van der Waals surface area contributed by atoms with Crippen molar-refractivity contribution in [2.45, 2.75) is 45.4 Å². The maximum absolute atomic E-state index is 12.5. The number of methoxy groups -OCH3 is 1. The highest BCUT2D eigenvalue weighted by atomic mass is 16.5. The summed E-state index contributed by atoms with van der Waals surface area (Å²) in [5.74, 6) is 1.50. The molecule has 0 bridgehead atoms. The monoisotopic (exact) mass is 401 g/mol. The molecule has 2 aliphatic heterocycles. The van der Waals surface area contributed by atoms with E-state index in [9.17, 15) is 10.1 Å². The van der Waals surface area contributed by atoms with Gasteiger partial charge in [0.1, 0.15) is 11.5 Å². The standard InChI is InChI=1S/C22H31N3O4/c1-16-11-25(12-17(2)29-16)22(26)15-28-20-6-7-21(27-3)19(9-20)14-24-8-4-5-18(10-23)13-24/h6-7,9,16-18H,4-5,8,11-15H2,1-3H3/t16-,17+,18?. The Balaban J connectivity index is 1.61. The van der Waals surface area contributed by atoms with Gasteiger partial charge in [-0.3, -0.25) is 9.69 Å². The molecule has 1 aromatic rings. The molecule has 0 aromatic heterocycles. The third-order valence-corrected chi connectivity index (χ3v) is 5.47. The number of amides is 1. The van der Waals surface area contributed by atoms with E-state index < -0.39 is 0 Å². The van der Waals surface area contributed by atoms with E-state index in [1.54, 1.807) is 12.0 Å². The molecule has 0 N–H and O–H groups in total. The van der Waals surface area contributed by atoms with Crippen LogP contribution in [-0.2, 0) is 16.1 Å². The Labute approximate surface area is 173 Å². The van der Waals surface area contributed by atoms with Crippen LogP contribution in [-0.4, -0.2) is 67.8 Å². The number of likely N-dealkylation sites (tertiary alicyclic amines) is 1. The zero-order valence-corrected chi connectivity index (χ0v) is 17.6. The summed E-state index contributed by atoms with van der Waals surface area (Å²) in [7, 11) is 1.65. The molecule has 1 aromatic carbocycles. The first-order valence-corrected chi connectivity index (χ1v) is 10.3. The molecule has 7 heteroatoms. The number of carbonyl (C=O) groups is 1. The molecular weight excluding hydrogens is 370 g/mol. The van der Waals surface area contributed by atoms with Gasteiger partial charge in [0.15, 0.2) is 6.61 Å². The molecular formula is C22H31N3O4. The zero-order valence-electron chi connectivity index (χ0n) is 17.6. The van der Waals surface area contributed by atoms with E-state index in [4.69, 9.17) is 14.2 Å². The number of nitrogens with zero attached hydrogens (tertiary/aromatic N) is 3. The fourth-order valence-corrected chi connectivity index (χ4v) is 4.13. The van der Waals surface area contributed by atoms with E-state index >= 15 is 0 Å². The summed E-state index contributed by atoms with van der Waals surface area (Å²) < 4.78 is 17.0. The van der Waals surface area contributed by atoms with Crippen molar-refractivity contribution in [3.63, 3.8) is 0 Å². The first kappa shape index (κ1) is 21.4. The number of nitriles is 1. The molecule has 2 fully saturated rings. The number of piperidine rings is 1. The van der Waals surface area contributed by atoms with Gasteiger partial charge in [-0.1, -0.05) is 0 Å². The molecule has 2 heterocycles. The minimum Gasteiger partial charge on any atom is -0.496 e. The average molecular weight is 402 g/mol. The number of morpholine rings is 1. The van der Waals surface area contributed by atoms with Gasteiger partial charge >= 0.3 is 0 Å². The van der Waals surface area contributed by atoms with Crippen molar-refractivity contribution in [1.82, 2.24) is 9.80 Å². The second-order valence-electron chi connectivity index (χ2n) is 8.02. The molecule has 2 aliphatic rings. The Hall–Kier alpha value is -2.30. The van der Waals surface area contributed by atoms with Gasteiger partial charge in [0.05, 0.1) is 31.3 Å². The number of hydrogen-bond donors (Lipinski definition) is 0. The summed E-state index contributed by atoms with van der Waals surface area (Å²) in [4.78, 5) is 16.6. The van der Waals surface area contributed by atoms with Crippen LogP contribution in [0.15, 0.2) is 18.2 Å². The average Bonchev–Trinajstić information content (AvgIpc) is 2.71. The van der Waals surface area contributed by atoms with Crippen molar-refractivity contribution in [2.24, 2.45) is 5.92 Å². The molecule has 1 amide bonds. The molecule has 0 spiro atoms. The first-order valence-electron chi connectivity index (χ1n) is 10.3. The Morgan fingerprint density at radius 1 is 1.28 bits per heavy atom. The van der Waals surface area contributed by atoms with Crippen molar-refractivity contribution < 1.29 is 19.0 Å². The van der Waals surface area contributed by atoms with Crippen LogP contribution in [0.25, 0.3) is 0 Å². The van der Waals surface area contributed by atoms with Gasteiger partial charge in [-0.2, -0.15) is 5.26 Å². The summed E-state index contributed by atoms with van der Waals surface area (Å²) in [6.45, 7) is 7.59. The van der Waals surface area contributed by atoms with Crippen LogP contribution in [0.3, 0.4) is 0 Å². The smallest absolute Gasteiger partial charge is 0.260 e. The predicted molar refractivity (Wildman–Crippen MR) is 109 cm³/mol. The maximum atomic E-state index is 12.5. The van der Waals surface area contributed by atoms with Crippen LogP contribution < -0.4 is 9.47 Å². The Kier molecular flexibility index (Phi) is 7.34. The van der Waals surface area contributed by atoms with E-state index in [0.29, 0.717) is 25.4 Å². The third kappa shape index (κ3) is 5.84. The van der Waals surface area contributed by atoms with Crippen molar-refractivity contribution >= 4 is 5.91 Å². The highest BCUT2D eigenvalue weighted by molar-refractivity contribution is 5.78. The van der Waals surface area contributed by atoms with Crippen LogP contribution in [0, 0.1) is 17.2 Å². The predicted octanol–water partition coefficient (Wildman–Crippen LogP) is 2.45. The van der Waals surface area contributed by atoms with Crippen LogP contribution >= 0.6 is 0 Å². The highest BCUT2D eigenvalue weighted by Crippen LogP contribution is 2.27. The Bertz CT molecular complexity index is 738. The lowest BCUT2D eigenvalue weighted by atomic mass is 9.99. The van der Waals surface area contributed by atoms with Gasteiger partial charge in [-0.15, -0.1) is 0 Å². The lowest BCUT2D eigenvalue weighted by Gasteiger charge is -2.35. The molecule has 0 saturated carbocycles. The SMILES string of the molecule is COc1ccc(OCC(=O)N2C[C@@H](C)O[C@@H](C)C2)cc1CN1CCCC(C#N)C1. The minimum absolute atomic E-state index is 0.00539. The molecule has 0 aliphatic carbocycles. The van der Waals surface area contributed by atoms with E-state index in [0.717, 1.165) is 37.2 Å². The molecule has 3 rings (SSSR count). The summed E-state index contributed by atoms with van der Waals surface area (Å²) in [5.41, 5.74) is 1.00. The largest absolute Gasteiger partial charge is 0.496 e. The molecule has 1 unspecified atom stereocenters. The van der Waals surface area contributed by atoms with Gasteiger partial charge in [0.2, 0.25) is 0 Å². The van der Waals surface area contributed by atoms with Crippen molar-refractivity contribution in [2.75, 3.05) is 39.9 Å². The summed E-state index contributed by atoms with van der Waals surface area (Å²) in [6.07, 6.45) is 2.07. The highest BCUT2D eigenvalue weighted by Gasteiger charge is 2.26. The second kappa shape index (κ2) is 9.95. The number of benzene rings is 1. The Morgan fingerprint density at radius 3 is 2.72 bits per heavy atom. The molecule has 29 heavy (non-hydrogen) atoms. The van der Waals surface area contributed by atoms with Crippen molar-refractivity contribution in [1.29, 1.82) is 5.26 Å². The number of rotatable bonds is 6. The Morgan fingerprint density at radius 2 is 2.03 bits per heavy atom. The van der Waals surface area contributed by atoms with Crippen LogP contribution in [0.2, 0.25) is 0 Å². The fourth-order valence-electron chi connectivity index (χ4n) is 4.13. The van der Waals surface area contributed by atoms with E-state index in [2.05, 4.69) is 11.0 Å². The molecule has 158 valence electrons. The number of hydrogen-bond acceptors (Lipinski definition) is 6. The first-order chi connectivity index (χ1) is 14.0. The number of ether oxygens (including phenoxy) is 3. The van der Waals surface area contributed by atoms with E-state index in [1.165, 1.54) is 0 Å². The van der Waals surface area contributed by atoms with Crippen LogP contribution in [0.4, 0.5) is 0 Å². The topological polar surface area (TPSA) is 75.0 Å². The molecule has 2 saturated heterocycles. The summed E-state index contributed by atoms with van der Waals surface area (Å²) >= 11 is 0. The lowest BCUT2D eigenvalue weighted by molar-refractivity contribution is -0.145. The number of carbonyl (C=O) groups excluding carboxylic acids is 1. The van der Waals surface area contributed by atoms with Crippen molar-refractivity contribution in [3.05, 3.63) is 23.8 Å². The second-order valence-corrected chi connectivity index (χ2v) is 8.02. The van der Waals surface area contributed by atoms with E-state index in [-0.39, 0.29) is 30.6 Å². The molecule has 0 radical (unpaired) electrons. The van der Waals surface area contributed by atoms with Gasteiger partial charge in [0.25, 0.3) is 5.91 Å². The van der Waals surface area contributed by atoms with Crippen LogP contribution in [0.1, 0.15) is 32.3 Å². The van der Waals surface area contributed by atoms with Crippen LogP contribution in [0.5, 0.6) is 11.5 Å². The van der Waals surface area contributed by atoms with E-state index in [1.807, 2.05) is 32.0 Å².